The van der Waals surface area contributed by atoms with Gasteiger partial charge in [0.2, 0.25) is 21.8 Å². The van der Waals surface area contributed by atoms with Gasteiger partial charge >= 0.3 is 0 Å². The van der Waals surface area contributed by atoms with E-state index in [0.717, 1.165) is 6.26 Å². The van der Waals surface area contributed by atoms with E-state index in [1.807, 2.05) is 30.3 Å². The quantitative estimate of drug-likeness (QED) is 0.867. The summed E-state index contributed by atoms with van der Waals surface area (Å²) in [7, 11) is -3.78. The molecule has 1 heterocycles. The molecule has 0 radical (unpaired) electrons. The van der Waals surface area contributed by atoms with E-state index in [-0.39, 0.29) is 12.8 Å². The van der Waals surface area contributed by atoms with E-state index in [1.54, 1.807) is 24.3 Å². The molecule has 2 amide bonds. The molecule has 8 heteroatoms. The van der Waals surface area contributed by atoms with E-state index in [2.05, 4.69) is 5.32 Å². The summed E-state index contributed by atoms with van der Waals surface area (Å²) in [6.45, 7) is 0. The number of ether oxygens (including phenoxy) is 1. The number of para-hydroxylation sites is 1. The first kappa shape index (κ1) is 17.9. The first-order chi connectivity index (χ1) is 12.3. The Kier molecular flexibility index (Phi) is 4.94. The normalized spacial score (nSPS) is 17.2. The Bertz CT molecular complexity index is 910. The molecule has 1 atom stereocenters. The Labute approximate surface area is 151 Å². The van der Waals surface area contributed by atoms with Gasteiger partial charge in [-0.05, 0) is 42.8 Å². The highest BCUT2D eigenvalue weighted by atomic mass is 32.2. The first-order valence-corrected chi connectivity index (χ1v) is 9.85. The minimum absolute atomic E-state index is 0.0367. The van der Waals surface area contributed by atoms with E-state index >= 15 is 0 Å². The Morgan fingerprint density at radius 3 is 2.31 bits per heavy atom. The average molecular weight is 374 g/mol. The van der Waals surface area contributed by atoms with Gasteiger partial charge in [0.25, 0.3) is 0 Å². The number of rotatable bonds is 5. The topological polar surface area (TPSA) is 92.8 Å². The fraction of sp³-hybridized carbons (Fsp3) is 0.222. The van der Waals surface area contributed by atoms with E-state index in [0.29, 0.717) is 21.5 Å². The lowest BCUT2D eigenvalue weighted by molar-refractivity contribution is -0.128. The number of amides is 2. The van der Waals surface area contributed by atoms with Gasteiger partial charge in [-0.1, -0.05) is 18.2 Å². The van der Waals surface area contributed by atoms with Gasteiger partial charge < -0.3 is 10.1 Å². The maximum absolute atomic E-state index is 12.4. The highest BCUT2D eigenvalue weighted by Crippen LogP contribution is 2.25. The predicted molar refractivity (Wildman–Crippen MR) is 96.3 cm³/mol. The molecule has 0 spiro atoms. The summed E-state index contributed by atoms with van der Waals surface area (Å²) in [5.74, 6) is 0.206. The van der Waals surface area contributed by atoms with E-state index in [4.69, 9.17) is 4.74 Å². The first-order valence-electron chi connectivity index (χ1n) is 8.00. The highest BCUT2D eigenvalue weighted by molar-refractivity contribution is 7.89. The molecule has 7 nitrogen and oxygen atoms in total. The van der Waals surface area contributed by atoms with Gasteiger partial charge in [0.15, 0.2) is 0 Å². The van der Waals surface area contributed by atoms with Crippen molar-refractivity contribution in [1.29, 1.82) is 0 Å². The summed E-state index contributed by atoms with van der Waals surface area (Å²) in [5.41, 5.74) is 0.489. The van der Waals surface area contributed by atoms with Crippen LogP contribution in [0.15, 0.2) is 54.6 Å². The van der Waals surface area contributed by atoms with Crippen LogP contribution in [0.4, 0.5) is 5.69 Å². The van der Waals surface area contributed by atoms with Crippen LogP contribution in [0.3, 0.4) is 0 Å². The van der Waals surface area contributed by atoms with Crippen molar-refractivity contribution in [2.45, 2.75) is 18.9 Å². The fourth-order valence-corrected chi connectivity index (χ4v) is 3.90. The summed E-state index contributed by atoms with van der Waals surface area (Å²) in [6, 6.07) is 14.9. The number of anilines is 1. The van der Waals surface area contributed by atoms with Crippen LogP contribution in [-0.2, 0) is 19.6 Å². The molecule has 2 aromatic rings. The molecule has 0 bridgehead atoms. The molecular formula is C18H18N2O5S. The zero-order valence-corrected chi connectivity index (χ0v) is 14.9. The third kappa shape index (κ3) is 4.02. The lowest BCUT2D eigenvalue weighted by atomic mass is 10.2. The van der Waals surface area contributed by atoms with Crippen LogP contribution in [-0.4, -0.2) is 36.8 Å². The zero-order chi connectivity index (χ0) is 18.7. The van der Waals surface area contributed by atoms with Crippen LogP contribution < -0.4 is 10.1 Å². The summed E-state index contributed by atoms with van der Waals surface area (Å²) in [5, 5.41) is 2.64. The Morgan fingerprint density at radius 2 is 1.69 bits per heavy atom. The second-order valence-electron chi connectivity index (χ2n) is 5.94. The third-order valence-electron chi connectivity index (χ3n) is 3.92. The third-order valence-corrected chi connectivity index (χ3v) is 5.09. The summed E-state index contributed by atoms with van der Waals surface area (Å²) < 4.78 is 29.8. The molecule has 3 rings (SSSR count). The maximum atomic E-state index is 12.4. The number of carbonyl (C=O) groups is 2. The lowest BCUT2D eigenvalue weighted by Crippen LogP contribution is -2.44. The van der Waals surface area contributed by atoms with E-state index < -0.39 is 27.9 Å². The highest BCUT2D eigenvalue weighted by Gasteiger charge is 2.41. The molecule has 0 aliphatic carbocycles. The van der Waals surface area contributed by atoms with Crippen molar-refractivity contribution in [3.63, 3.8) is 0 Å². The minimum Gasteiger partial charge on any atom is -0.457 e. The second kappa shape index (κ2) is 7.17. The fourth-order valence-electron chi connectivity index (χ4n) is 2.77. The smallest absolute Gasteiger partial charge is 0.248 e. The molecule has 26 heavy (non-hydrogen) atoms. The van der Waals surface area contributed by atoms with Crippen molar-refractivity contribution >= 4 is 27.5 Å². The molecule has 1 unspecified atom stereocenters. The molecule has 1 aliphatic heterocycles. The summed E-state index contributed by atoms with van der Waals surface area (Å²) in [6.07, 6.45) is 1.13. The molecule has 1 fully saturated rings. The molecule has 136 valence electrons. The molecule has 0 saturated carbocycles. The van der Waals surface area contributed by atoms with Crippen LogP contribution in [0, 0.1) is 0 Å². The average Bonchev–Trinajstić information content (AvgIpc) is 3.00. The van der Waals surface area contributed by atoms with Crippen molar-refractivity contribution in [3.05, 3.63) is 54.6 Å². The standard InChI is InChI=1S/C18H18N2O5S/c1-26(23,24)20-16(11-12-17(20)21)18(22)19-13-7-9-15(10-8-13)25-14-5-3-2-4-6-14/h2-10,16H,11-12H2,1H3,(H,19,22). The van der Waals surface area contributed by atoms with Crippen LogP contribution in [0.5, 0.6) is 11.5 Å². The van der Waals surface area contributed by atoms with Crippen molar-refractivity contribution in [2.75, 3.05) is 11.6 Å². The van der Waals surface area contributed by atoms with Crippen molar-refractivity contribution in [3.8, 4) is 11.5 Å². The molecule has 1 saturated heterocycles. The Morgan fingerprint density at radius 1 is 1.08 bits per heavy atom. The molecule has 1 N–H and O–H groups in total. The van der Waals surface area contributed by atoms with Crippen LogP contribution in [0.2, 0.25) is 0 Å². The van der Waals surface area contributed by atoms with Crippen molar-refractivity contribution in [1.82, 2.24) is 4.31 Å². The molecular weight excluding hydrogens is 356 g/mol. The van der Waals surface area contributed by atoms with Gasteiger partial charge in [-0.15, -0.1) is 0 Å². The van der Waals surface area contributed by atoms with Crippen LogP contribution in [0.25, 0.3) is 0 Å². The van der Waals surface area contributed by atoms with Crippen molar-refractivity contribution in [2.24, 2.45) is 0 Å². The zero-order valence-electron chi connectivity index (χ0n) is 14.1. The number of hydrogen-bond acceptors (Lipinski definition) is 5. The monoisotopic (exact) mass is 374 g/mol. The lowest BCUT2D eigenvalue weighted by Gasteiger charge is -2.21. The van der Waals surface area contributed by atoms with Gasteiger partial charge in [0.05, 0.1) is 6.26 Å². The number of benzene rings is 2. The predicted octanol–water partition coefficient (Wildman–Crippen LogP) is 2.37. The number of nitrogens with zero attached hydrogens (tertiary/aromatic N) is 1. The number of sulfonamides is 1. The van der Waals surface area contributed by atoms with Gasteiger partial charge in [-0.25, -0.2) is 12.7 Å². The van der Waals surface area contributed by atoms with Crippen LogP contribution >= 0.6 is 0 Å². The van der Waals surface area contributed by atoms with Gasteiger partial charge in [-0.3, -0.25) is 9.59 Å². The molecule has 1 aliphatic rings. The summed E-state index contributed by atoms with van der Waals surface area (Å²) >= 11 is 0. The van der Waals surface area contributed by atoms with Gasteiger partial charge in [0, 0.05) is 12.1 Å². The van der Waals surface area contributed by atoms with Gasteiger partial charge in [-0.2, -0.15) is 0 Å². The Balaban J connectivity index is 1.67. The van der Waals surface area contributed by atoms with Crippen LogP contribution in [0.1, 0.15) is 12.8 Å². The largest absolute Gasteiger partial charge is 0.457 e. The molecule has 2 aromatic carbocycles. The number of nitrogens with one attached hydrogen (secondary N) is 1. The number of hydrogen-bond donors (Lipinski definition) is 1. The van der Waals surface area contributed by atoms with E-state index in [9.17, 15) is 18.0 Å². The van der Waals surface area contributed by atoms with Crippen molar-refractivity contribution < 1.29 is 22.7 Å². The van der Waals surface area contributed by atoms with Gasteiger partial charge in [0.1, 0.15) is 17.5 Å². The maximum Gasteiger partial charge on any atom is 0.248 e. The Hall–Kier alpha value is -2.87. The second-order valence-corrected chi connectivity index (χ2v) is 7.80. The minimum atomic E-state index is -3.78. The molecule has 0 aromatic heterocycles. The number of carbonyl (C=O) groups excluding carboxylic acids is 2. The van der Waals surface area contributed by atoms with E-state index in [1.165, 1.54) is 0 Å². The SMILES string of the molecule is CS(=O)(=O)N1C(=O)CCC1C(=O)Nc1ccc(Oc2ccccc2)cc1. The summed E-state index contributed by atoms with van der Waals surface area (Å²) in [4.78, 5) is 24.1.